The van der Waals surface area contributed by atoms with Gasteiger partial charge in [-0.05, 0) is 38.9 Å². The molecule has 0 bridgehead atoms. The summed E-state index contributed by atoms with van der Waals surface area (Å²) >= 11 is 1.23. The highest BCUT2D eigenvalue weighted by Crippen LogP contribution is 2.35. The topological polar surface area (TPSA) is 39.9 Å². The van der Waals surface area contributed by atoms with Crippen molar-refractivity contribution in [3.8, 4) is 6.07 Å². The number of hydrogen-bond acceptors (Lipinski definition) is 4. The van der Waals surface area contributed by atoms with Crippen LogP contribution in [0.4, 0.5) is 13.2 Å². The first-order chi connectivity index (χ1) is 10.4. The van der Waals surface area contributed by atoms with Crippen molar-refractivity contribution in [3.63, 3.8) is 0 Å². The monoisotopic (exact) mass is 329 g/mol. The molecule has 1 aliphatic heterocycles. The number of rotatable bonds is 4. The second kappa shape index (κ2) is 7.34. The maximum absolute atomic E-state index is 13.0. The number of aromatic nitrogens is 1. The molecule has 0 radical (unpaired) electrons. The van der Waals surface area contributed by atoms with Crippen molar-refractivity contribution in [3.05, 3.63) is 22.9 Å². The van der Waals surface area contributed by atoms with Crippen LogP contribution in [0.25, 0.3) is 0 Å². The summed E-state index contributed by atoms with van der Waals surface area (Å²) in [6, 6.07) is 2.61. The fraction of sp³-hybridized carbons (Fsp3) is 0.600. The Morgan fingerprint density at radius 2 is 2.00 bits per heavy atom. The lowest BCUT2D eigenvalue weighted by atomic mass is 10.1. The van der Waals surface area contributed by atoms with Gasteiger partial charge >= 0.3 is 6.18 Å². The molecule has 2 heterocycles. The van der Waals surface area contributed by atoms with Gasteiger partial charge in [0, 0.05) is 18.0 Å². The first-order valence-corrected chi connectivity index (χ1v) is 8.24. The number of nitrogens with zero attached hydrogens (tertiary/aromatic N) is 3. The summed E-state index contributed by atoms with van der Waals surface area (Å²) < 4.78 is 39.0. The van der Waals surface area contributed by atoms with E-state index < -0.39 is 11.7 Å². The number of likely N-dealkylation sites (tertiary alicyclic amines) is 1. The lowest BCUT2D eigenvalue weighted by molar-refractivity contribution is -0.138. The van der Waals surface area contributed by atoms with Crippen LogP contribution in [-0.4, -0.2) is 35.3 Å². The van der Waals surface area contributed by atoms with Gasteiger partial charge in [0.05, 0.1) is 11.1 Å². The molecule has 1 aliphatic rings. The first kappa shape index (κ1) is 17.1. The van der Waals surface area contributed by atoms with Gasteiger partial charge in [0.1, 0.15) is 11.1 Å². The van der Waals surface area contributed by atoms with Crippen LogP contribution in [0.3, 0.4) is 0 Å². The van der Waals surface area contributed by atoms with E-state index in [1.165, 1.54) is 37.9 Å². The zero-order chi connectivity index (χ0) is 16.2. The molecule has 1 aromatic rings. The molecule has 22 heavy (non-hydrogen) atoms. The van der Waals surface area contributed by atoms with Crippen molar-refractivity contribution in [2.75, 3.05) is 25.4 Å². The smallest absolute Gasteiger partial charge is 0.303 e. The average Bonchev–Trinajstić information content (AvgIpc) is 2.47. The zero-order valence-corrected chi connectivity index (χ0v) is 13.2. The number of aryl methyl sites for hydroxylation is 1. The largest absolute Gasteiger partial charge is 0.417 e. The normalized spacial score (nSPS) is 16.5. The molecule has 1 fully saturated rings. The molecule has 0 spiro atoms. The molecule has 0 N–H and O–H groups in total. The average molecular weight is 329 g/mol. The summed E-state index contributed by atoms with van der Waals surface area (Å²) in [6.45, 7) is 4.42. The van der Waals surface area contributed by atoms with Crippen LogP contribution in [-0.2, 0) is 6.18 Å². The maximum atomic E-state index is 13.0. The fourth-order valence-corrected chi connectivity index (χ4v) is 3.59. The predicted octanol–water partition coefficient (Wildman–Crippen LogP) is 3.86. The van der Waals surface area contributed by atoms with E-state index in [0.29, 0.717) is 5.75 Å². The molecular weight excluding hydrogens is 311 g/mol. The quantitative estimate of drug-likeness (QED) is 0.787. The Kier molecular flexibility index (Phi) is 5.70. The summed E-state index contributed by atoms with van der Waals surface area (Å²) in [5.74, 6) is 0.641. The van der Waals surface area contributed by atoms with Crippen LogP contribution in [0, 0.1) is 18.3 Å². The molecular formula is C15H18F3N3S. The van der Waals surface area contributed by atoms with Gasteiger partial charge in [-0.1, -0.05) is 6.42 Å². The number of piperidine rings is 1. The molecule has 2 rings (SSSR count). The zero-order valence-electron chi connectivity index (χ0n) is 12.4. The molecule has 0 amide bonds. The summed E-state index contributed by atoms with van der Waals surface area (Å²) in [6.07, 6.45) is -0.929. The third-order valence-electron chi connectivity index (χ3n) is 3.63. The van der Waals surface area contributed by atoms with E-state index in [1.54, 1.807) is 6.07 Å². The fourth-order valence-electron chi connectivity index (χ4n) is 2.54. The van der Waals surface area contributed by atoms with Crippen LogP contribution in [0.1, 0.15) is 36.1 Å². The Morgan fingerprint density at radius 1 is 1.32 bits per heavy atom. The third-order valence-corrected chi connectivity index (χ3v) is 4.58. The Bertz CT molecular complexity index is 560. The maximum Gasteiger partial charge on any atom is 0.417 e. The number of thioether (sulfide) groups is 1. The van der Waals surface area contributed by atoms with Crippen LogP contribution < -0.4 is 0 Å². The standard InChI is InChI=1S/C15H18F3N3S/c1-11-9-13(15(16,17)18)12(10-19)14(20-11)22-8-7-21-5-3-2-4-6-21/h9H,2-8H2,1H3. The Morgan fingerprint density at radius 3 is 2.59 bits per heavy atom. The summed E-state index contributed by atoms with van der Waals surface area (Å²) in [5, 5.41) is 9.27. The number of hydrogen-bond donors (Lipinski definition) is 0. The number of halogens is 3. The van der Waals surface area contributed by atoms with Gasteiger partial charge in [0.2, 0.25) is 0 Å². The summed E-state index contributed by atoms with van der Waals surface area (Å²) in [4.78, 5) is 6.43. The molecule has 3 nitrogen and oxygen atoms in total. The lowest BCUT2D eigenvalue weighted by Gasteiger charge is -2.26. The van der Waals surface area contributed by atoms with Crippen LogP contribution in [0.2, 0.25) is 0 Å². The minimum absolute atomic E-state index is 0.187. The highest BCUT2D eigenvalue weighted by atomic mass is 32.2. The molecule has 7 heteroatoms. The van der Waals surface area contributed by atoms with Gasteiger partial charge < -0.3 is 4.90 Å². The highest BCUT2D eigenvalue weighted by molar-refractivity contribution is 7.99. The SMILES string of the molecule is Cc1cc(C(F)(F)F)c(C#N)c(SCCN2CCCCC2)n1. The Balaban J connectivity index is 2.09. The van der Waals surface area contributed by atoms with Gasteiger partial charge in [-0.15, -0.1) is 11.8 Å². The Labute approximate surface area is 132 Å². The minimum atomic E-state index is -4.53. The second-order valence-corrected chi connectivity index (χ2v) is 6.44. The first-order valence-electron chi connectivity index (χ1n) is 7.26. The van der Waals surface area contributed by atoms with Crippen molar-refractivity contribution in [2.45, 2.75) is 37.4 Å². The molecule has 1 aromatic heterocycles. The molecule has 0 saturated carbocycles. The van der Waals surface area contributed by atoms with Crippen LogP contribution in [0.5, 0.6) is 0 Å². The van der Waals surface area contributed by atoms with Crippen molar-refractivity contribution < 1.29 is 13.2 Å². The number of nitriles is 1. The van der Waals surface area contributed by atoms with E-state index >= 15 is 0 Å². The second-order valence-electron chi connectivity index (χ2n) is 5.35. The molecule has 0 atom stereocenters. The lowest BCUT2D eigenvalue weighted by Crippen LogP contribution is -2.31. The van der Waals surface area contributed by atoms with E-state index in [4.69, 9.17) is 5.26 Å². The molecule has 0 unspecified atom stereocenters. The van der Waals surface area contributed by atoms with Gasteiger partial charge in [-0.2, -0.15) is 18.4 Å². The van der Waals surface area contributed by atoms with Gasteiger partial charge in [0.15, 0.2) is 0 Å². The number of pyridine rings is 1. The van der Waals surface area contributed by atoms with Crippen molar-refractivity contribution in [1.82, 2.24) is 9.88 Å². The van der Waals surface area contributed by atoms with E-state index in [9.17, 15) is 13.2 Å². The predicted molar refractivity (Wildman–Crippen MR) is 79.7 cm³/mol. The highest BCUT2D eigenvalue weighted by Gasteiger charge is 2.35. The van der Waals surface area contributed by atoms with Gasteiger partial charge in [-0.25, -0.2) is 4.98 Å². The van der Waals surface area contributed by atoms with Gasteiger partial charge in [-0.3, -0.25) is 0 Å². The van der Waals surface area contributed by atoms with Crippen LogP contribution >= 0.6 is 11.8 Å². The van der Waals surface area contributed by atoms with E-state index in [1.807, 2.05) is 0 Å². The minimum Gasteiger partial charge on any atom is -0.303 e. The number of alkyl halides is 3. The molecule has 120 valence electrons. The summed E-state index contributed by atoms with van der Waals surface area (Å²) in [5.41, 5.74) is -0.962. The van der Waals surface area contributed by atoms with E-state index in [0.717, 1.165) is 25.7 Å². The van der Waals surface area contributed by atoms with E-state index in [2.05, 4.69) is 9.88 Å². The van der Waals surface area contributed by atoms with Crippen molar-refractivity contribution >= 4 is 11.8 Å². The summed E-state index contributed by atoms with van der Waals surface area (Å²) in [7, 11) is 0. The molecule has 0 aliphatic carbocycles. The van der Waals surface area contributed by atoms with Gasteiger partial charge in [0.25, 0.3) is 0 Å². The van der Waals surface area contributed by atoms with Crippen LogP contribution in [0.15, 0.2) is 11.1 Å². The van der Waals surface area contributed by atoms with Crippen molar-refractivity contribution in [1.29, 1.82) is 5.26 Å². The Hall–Kier alpha value is -1.26. The molecule has 0 aromatic carbocycles. The van der Waals surface area contributed by atoms with E-state index in [-0.39, 0.29) is 16.3 Å². The molecule has 1 saturated heterocycles. The third kappa shape index (κ3) is 4.37. The van der Waals surface area contributed by atoms with Crippen molar-refractivity contribution in [2.24, 2.45) is 0 Å².